The van der Waals surface area contributed by atoms with Gasteiger partial charge >= 0.3 is 6.09 Å². The summed E-state index contributed by atoms with van der Waals surface area (Å²) < 4.78 is 11.0. The molecule has 0 heterocycles. The van der Waals surface area contributed by atoms with E-state index >= 15 is 0 Å². The fraction of sp³-hybridized carbons (Fsp3) is 0.350. The molecule has 1 amide bonds. The molecular formula is C20H25NO4. The number of hydrogen-bond acceptors (Lipinski definition) is 4. The van der Waals surface area contributed by atoms with E-state index in [0.29, 0.717) is 12.4 Å². The van der Waals surface area contributed by atoms with Gasteiger partial charge in [0.1, 0.15) is 18.0 Å². The van der Waals surface area contributed by atoms with E-state index in [4.69, 9.17) is 9.47 Å². The summed E-state index contributed by atoms with van der Waals surface area (Å²) >= 11 is 0. The van der Waals surface area contributed by atoms with Gasteiger partial charge in [-0.05, 0) is 44.0 Å². The standard InChI is InChI=1S/C20H25NO4/c1-20(2,3)25-19(23)21-18(13-22)16-10-7-11-17(12-16)24-14-15-8-5-4-6-9-15/h4-12,18,22H,13-14H2,1-3H3,(H,21,23)/t18-/m1/s1. The van der Waals surface area contributed by atoms with Gasteiger partial charge in [0, 0.05) is 0 Å². The Labute approximate surface area is 148 Å². The van der Waals surface area contributed by atoms with Crippen molar-refractivity contribution in [3.05, 3.63) is 65.7 Å². The molecule has 0 radical (unpaired) electrons. The number of benzene rings is 2. The number of carbonyl (C=O) groups excluding carboxylic acids is 1. The monoisotopic (exact) mass is 343 g/mol. The lowest BCUT2D eigenvalue weighted by Gasteiger charge is -2.23. The molecular weight excluding hydrogens is 318 g/mol. The Hall–Kier alpha value is -2.53. The summed E-state index contributed by atoms with van der Waals surface area (Å²) in [7, 11) is 0. The average molecular weight is 343 g/mol. The van der Waals surface area contributed by atoms with Crippen LogP contribution in [0.4, 0.5) is 4.79 Å². The molecule has 2 aromatic carbocycles. The fourth-order valence-electron chi connectivity index (χ4n) is 2.25. The minimum atomic E-state index is -0.593. The van der Waals surface area contributed by atoms with E-state index in [-0.39, 0.29) is 6.61 Å². The number of hydrogen-bond donors (Lipinski definition) is 2. The van der Waals surface area contributed by atoms with Crippen LogP contribution < -0.4 is 10.1 Å². The van der Waals surface area contributed by atoms with Crippen LogP contribution in [0, 0.1) is 0 Å². The van der Waals surface area contributed by atoms with Crippen molar-refractivity contribution in [1.29, 1.82) is 0 Å². The number of alkyl carbamates (subject to hydrolysis) is 1. The maximum absolute atomic E-state index is 11.9. The lowest BCUT2D eigenvalue weighted by atomic mass is 10.1. The molecule has 0 saturated carbocycles. The molecule has 0 aliphatic heterocycles. The Bertz CT molecular complexity index is 680. The van der Waals surface area contributed by atoms with Gasteiger partial charge in [-0.25, -0.2) is 4.79 Å². The summed E-state index contributed by atoms with van der Waals surface area (Å²) in [5.74, 6) is 0.672. The number of amides is 1. The van der Waals surface area contributed by atoms with Crippen LogP contribution in [0.2, 0.25) is 0 Å². The molecule has 0 aliphatic rings. The van der Waals surface area contributed by atoms with E-state index in [1.165, 1.54) is 0 Å². The lowest BCUT2D eigenvalue weighted by molar-refractivity contribution is 0.0481. The van der Waals surface area contributed by atoms with E-state index in [1.54, 1.807) is 26.8 Å². The Kier molecular flexibility index (Phi) is 6.42. The van der Waals surface area contributed by atoms with E-state index in [1.807, 2.05) is 48.5 Å². The molecule has 25 heavy (non-hydrogen) atoms. The van der Waals surface area contributed by atoms with E-state index < -0.39 is 17.7 Å². The van der Waals surface area contributed by atoms with Gasteiger partial charge in [-0.1, -0.05) is 42.5 Å². The molecule has 0 aliphatic carbocycles. The molecule has 0 aromatic heterocycles. The quantitative estimate of drug-likeness (QED) is 0.836. The van der Waals surface area contributed by atoms with Crippen LogP contribution in [-0.2, 0) is 11.3 Å². The first-order chi connectivity index (χ1) is 11.9. The summed E-state index contributed by atoms with van der Waals surface area (Å²) in [4.78, 5) is 11.9. The molecule has 0 spiro atoms. The van der Waals surface area contributed by atoms with Gasteiger partial charge in [0.25, 0.3) is 0 Å². The first-order valence-electron chi connectivity index (χ1n) is 8.24. The highest BCUT2D eigenvalue weighted by molar-refractivity contribution is 5.68. The predicted molar refractivity (Wildman–Crippen MR) is 96.4 cm³/mol. The van der Waals surface area contributed by atoms with Gasteiger partial charge in [0.15, 0.2) is 0 Å². The van der Waals surface area contributed by atoms with Crippen LogP contribution in [0.3, 0.4) is 0 Å². The predicted octanol–water partition coefficient (Wildman–Crippen LogP) is 3.82. The first kappa shape index (κ1) is 18.8. The third-order valence-electron chi connectivity index (χ3n) is 3.38. The van der Waals surface area contributed by atoms with Crippen molar-refractivity contribution in [2.45, 2.75) is 39.0 Å². The van der Waals surface area contributed by atoms with Crippen LogP contribution >= 0.6 is 0 Å². The van der Waals surface area contributed by atoms with Gasteiger partial charge in [-0.2, -0.15) is 0 Å². The number of nitrogens with one attached hydrogen (secondary N) is 1. The van der Waals surface area contributed by atoms with E-state index in [2.05, 4.69) is 5.32 Å². The minimum absolute atomic E-state index is 0.235. The summed E-state index contributed by atoms with van der Waals surface area (Å²) in [6, 6.07) is 16.6. The molecule has 5 heteroatoms. The first-order valence-corrected chi connectivity index (χ1v) is 8.24. The van der Waals surface area contributed by atoms with Crippen molar-refractivity contribution in [2.24, 2.45) is 0 Å². The van der Waals surface area contributed by atoms with Crippen LogP contribution in [-0.4, -0.2) is 23.4 Å². The third-order valence-corrected chi connectivity index (χ3v) is 3.38. The molecule has 5 nitrogen and oxygen atoms in total. The van der Waals surface area contributed by atoms with Crippen molar-refractivity contribution >= 4 is 6.09 Å². The Balaban J connectivity index is 2.01. The zero-order chi connectivity index (χ0) is 18.3. The van der Waals surface area contributed by atoms with Crippen molar-refractivity contribution in [3.8, 4) is 5.75 Å². The zero-order valence-electron chi connectivity index (χ0n) is 14.9. The van der Waals surface area contributed by atoms with Gasteiger partial charge in [-0.15, -0.1) is 0 Å². The van der Waals surface area contributed by atoms with Gasteiger partial charge in [0.2, 0.25) is 0 Å². The second-order valence-electron chi connectivity index (χ2n) is 6.73. The summed E-state index contributed by atoms with van der Waals surface area (Å²) in [6.07, 6.45) is -0.567. The second-order valence-corrected chi connectivity index (χ2v) is 6.73. The maximum atomic E-state index is 11.9. The fourth-order valence-corrected chi connectivity index (χ4v) is 2.25. The molecule has 1 atom stereocenters. The number of carbonyl (C=O) groups is 1. The highest BCUT2D eigenvalue weighted by Gasteiger charge is 2.20. The van der Waals surface area contributed by atoms with Crippen LogP contribution in [0.25, 0.3) is 0 Å². The topological polar surface area (TPSA) is 67.8 Å². The Morgan fingerprint density at radius 1 is 1.12 bits per heavy atom. The third kappa shape index (κ3) is 6.47. The molecule has 2 rings (SSSR count). The SMILES string of the molecule is CC(C)(C)OC(=O)N[C@H](CO)c1cccc(OCc2ccccc2)c1. The number of ether oxygens (including phenoxy) is 2. The molecule has 0 fully saturated rings. The van der Waals surface area contributed by atoms with Crippen molar-refractivity contribution in [2.75, 3.05) is 6.61 Å². The molecule has 0 unspecified atom stereocenters. The average Bonchev–Trinajstić information content (AvgIpc) is 2.57. The molecule has 134 valence electrons. The molecule has 2 aromatic rings. The van der Waals surface area contributed by atoms with Crippen molar-refractivity contribution in [1.82, 2.24) is 5.32 Å². The summed E-state index contributed by atoms with van der Waals surface area (Å²) in [5, 5.41) is 12.3. The van der Waals surface area contributed by atoms with Crippen molar-refractivity contribution in [3.63, 3.8) is 0 Å². The number of rotatable bonds is 6. The smallest absolute Gasteiger partial charge is 0.408 e. The summed E-state index contributed by atoms with van der Waals surface area (Å²) in [5.41, 5.74) is 1.22. The van der Waals surface area contributed by atoms with Crippen LogP contribution in [0.1, 0.15) is 37.9 Å². The Morgan fingerprint density at radius 2 is 1.84 bits per heavy atom. The highest BCUT2D eigenvalue weighted by Crippen LogP contribution is 2.21. The highest BCUT2D eigenvalue weighted by atomic mass is 16.6. The van der Waals surface area contributed by atoms with Crippen LogP contribution in [0.5, 0.6) is 5.75 Å². The normalized spacial score (nSPS) is 12.3. The molecule has 0 bridgehead atoms. The van der Waals surface area contributed by atoms with Gasteiger partial charge in [-0.3, -0.25) is 0 Å². The lowest BCUT2D eigenvalue weighted by Crippen LogP contribution is -2.36. The Morgan fingerprint density at radius 3 is 2.48 bits per heavy atom. The largest absolute Gasteiger partial charge is 0.489 e. The van der Waals surface area contributed by atoms with Crippen molar-refractivity contribution < 1.29 is 19.4 Å². The second kappa shape index (κ2) is 8.53. The minimum Gasteiger partial charge on any atom is -0.489 e. The number of aliphatic hydroxyl groups is 1. The molecule has 0 saturated heterocycles. The summed E-state index contributed by atoms with van der Waals surface area (Å²) in [6.45, 7) is 5.59. The van der Waals surface area contributed by atoms with Gasteiger partial charge < -0.3 is 19.9 Å². The number of aliphatic hydroxyl groups excluding tert-OH is 1. The molecule has 2 N–H and O–H groups in total. The zero-order valence-corrected chi connectivity index (χ0v) is 14.9. The van der Waals surface area contributed by atoms with E-state index in [0.717, 1.165) is 11.1 Å². The van der Waals surface area contributed by atoms with Crippen LogP contribution in [0.15, 0.2) is 54.6 Å². The maximum Gasteiger partial charge on any atom is 0.408 e. The van der Waals surface area contributed by atoms with Gasteiger partial charge in [0.05, 0.1) is 12.6 Å². The van der Waals surface area contributed by atoms with E-state index in [9.17, 15) is 9.90 Å².